The van der Waals surface area contributed by atoms with Crippen molar-refractivity contribution in [3.8, 4) is 44.5 Å². The highest BCUT2D eigenvalue weighted by atomic mass is 16.4. The van der Waals surface area contributed by atoms with Gasteiger partial charge in [0.25, 0.3) is 0 Å². The summed E-state index contributed by atoms with van der Waals surface area (Å²) in [6, 6.07) is 6.73. The first-order valence-electron chi connectivity index (χ1n) is 26.0. The van der Waals surface area contributed by atoms with E-state index < -0.39 is 128 Å². The third kappa shape index (κ3) is 5.88. The van der Waals surface area contributed by atoms with Gasteiger partial charge in [0.2, 0.25) is 0 Å². The zero-order valence-corrected chi connectivity index (χ0v) is 27.1. The van der Waals surface area contributed by atoms with Crippen molar-refractivity contribution >= 4 is 56.5 Å². The number of hydrogen-bond donors (Lipinski definition) is 2. The predicted octanol–water partition coefficient (Wildman–Crippen LogP) is 11.5. The molecule has 53 heavy (non-hydrogen) atoms. The van der Waals surface area contributed by atoms with Crippen LogP contribution in [0.25, 0.3) is 88.4 Å². The van der Waals surface area contributed by atoms with Gasteiger partial charge in [0.15, 0.2) is 0 Å². The molecule has 10 rings (SSSR count). The standard InChI is InChI=1S/C24H17BO3.C24H16O/c26-25(27)21-13-7-12-19-20-15-14-18(16-8-3-1-4-9-16)22(24(20)28-23(19)21)17-10-5-2-6-11-17;1-3-9-17(10-4-1)19-15-16-21-20-13-7-8-14-22(20)25-24(21)23(19)18-11-5-2-6-12-18/h1-15,26-27H;1-16H/i1D,2D,3D,4D,5D,6D,8D,9D,10D,11D;1D,2D,3D,4D,5D,6D,9D,10D,11D,12D. The first-order chi connectivity index (χ1) is 34.4. The van der Waals surface area contributed by atoms with Gasteiger partial charge in [-0.1, -0.05) is 169 Å². The monoisotopic (exact) mass is 704 g/mol. The predicted molar refractivity (Wildman–Crippen MR) is 219 cm³/mol. The van der Waals surface area contributed by atoms with Crippen LogP contribution in [0.3, 0.4) is 0 Å². The van der Waals surface area contributed by atoms with Gasteiger partial charge in [0, 0.05) is 38.1 Å². The van der Waals surface area contributed by atoms with Crippen LogP contribution in [0, 0.1) is 0 Å². The number of rotatable bonds is 5. The molecule has 0 spiro atoms. The van der Waals surface area contributed by atoms with Crippen LogP contribution < -0.4 is 5.46 Å². The summed E-state index contributed by atoms with van der Waals surface area (Å²) in [6.45, 7) is 0. The molecule has 0 amide bonds. The van der Waals surface area contributed by atoms with E-state index in [-0.39, 0.29) is 66.7 Å². The molecule has 0 aliphatic carbocycles. The maximum Gasteiger partial charge on any atom is 0.492 e. The summed E-state index contributed by atoms with van der Waals surface area (Å²) in [6.07, 6.45) is 0. The van der Waals surface area contributed by atoms with Gasteiger partial charge in [0.05, 0.1) is 27.4 Å². The molecule has 252 valence electrons. The fourth-order valence-electron chi connectivity index (χ4n) is 6.31. The van der Waals surface area contributed by atoms with Crippen LogP contribution in [0.5, 0.6) is 0 Å². The van der Waals surface area contributed by atoms with Gasteiger partial charge in [-0.3, -0.25) is 0 Å². The molecule has 2 N–H and O–H groups in total. The van der Waals surface area contributed by atoms with E-state index >= 15 is 0 Å². The molecule has 0 saturated heterocycles. The van der Waals surface area contributed by atoms with Gasteiger partial charge in [-0.15, -0.1) is 0 Å². The van der Waals surface area contributed by atoms with E-state index in [4.69, 9.17) is 36.2 Å². The zero-order chi connectivity index (χ0) is 53.1. The molecule has 0 bridgehead atoms. The minimum atomic E-state index is -1.90. The summed E-state index contributed by atoms with van der Waals surface area (Å²) < 4.78 is 177. The van der Waals surface area contributed by atoms with Crippen molar-refractivity contribution in [2.75, 3.05) is 0 Å². The molecule has 2 heterocycles. The Morgan fingerprint density at radius 2 is 0.830 bits per heavy atom. The summed E-state index contributed by atoms with van der Waals surface area (Å²) in [5.74, 6) is 0. The highest BCUT2D eigenvalue weighted by Crippen LogP contribution is 2.43. The molecule has 0 atom stereocenters. The summed E-state index contributed by atoms with van der Waals surface area (Å²) in [4.78, 5) is 0. The second-order valence-corrected chi connectivity index (χ2v) is 11.5. The van der Waals surface area contributed by atoms with E-state index in [0.717, 1.165) is 5.39 Å². The van der Waals surface area contributed by atoms with E-state index in [9.17, 15) is 10.0 Å². The fraction of sp³-hybridized carbons (Fsp3) is 0. The van der Waals surface area contributed by atoms with Crippen LogP contribution in [-0.2, 0) is 0 Å². The Kier molecular flexibility index (Phi) is 4.49. The lowest BCUT2D eigenvalue weighted by molar-refractivity contribution is 0.425. The van der Waals surface area contributed by atoms with Gasteiger partial charge < -0.3 is 18.9 Å². The molecule has 5 heteroatoms. The topological polar surface area (TPSA) is 66.7 Å². The largest absolute Gasteiger partial charge is 0.492 e. The van der Waals surface area contributed by atoms with E-state index in [1.54, 1.807) is 36.4 Å². The Hall–Kier alpha value is -6.66. The smallest absolute Gasteiger partial charge is 0.456 e. The van der Waals surface area contributed by atoms with E-state index in [0.29, 0.717) is 21.7 Å². The maximum atomic E-state index is 9.87. The lowest BCUT2D eigenvalue weighted by Crippen LogP contribution is -2.29. The summed E-state index contributed by atoms with van der Waals surface area (Å²) >= 11 is 0. The first-order valence-corrected chi connectivity index (χ1v) is 16.0. The van der Waals surface area contributed by atoms with Crippen molar-refractivity contribution in [2.45, 2.75) is 0 Å². The second kappa shape index (κ2) is 13.8. The molecular weight excluding hydrogens is 651 g/mol. The van der Waals surface area contributed by atoms with E-state index in [1.807, 2.05) is 12.1 Å². The fourth-order valence-corrected chi connectivity index (χ4v) is 6.31. The van der Waals surface area contributed by atoms with Crippen molar-refractivity contribution in [2.24, 2.45) is 0 Å². The van der Waals surface area contributed by atoms with Crippen LogP contribution in [0.15, 0.2) is 196 Å². The minimum absolute atomic E-state index is 0.0156. The Labute approximate surface area is 335 Å². The molecule has 0 aliphatic heterocycles. The van der Waals surface area contributed by atoms with Gasteiger partial charge in [0.1, 0.15) is 22.3 Å². The quantitative estimate of drug-likeness (QED) is 0.175. The Balaban J connectivity index is 0.000000180. The van der Waals surface area contributed by atoms with E-state index in [2.05, 4.69) is 0 Å². The second-order valence-electron chi connectivity index (χ2n) is 11.5. The number of hydrogen-bond acceptors (Lipinski definition) is 4. The molecule has 0 radical (unpaired) electrons. The SMILES string of the molecule is [2H]c1c([2H])c([2H])c(-c2ccc3c(oc4c(B(O)O)cccc43)c2-c2c([2H])c([2H])c([2H])c([2H])c2[2H])c([2H])c1[2H].[2H]c1c([2H])c([2H])c(-c2ccc3c(oc4ccccc43)c2-c2c([2H])c([2H])c([2H])c([2H])c2[2H])c([2H])c1[2H]. The van der Waals surface area contributed by atoms with Crippen molar-refractivity contribution in [1.82, 2.24) is 0 Å². The van der Waals surface area contributed by atoms with Gasteiger partial charge >= 0.3 is 7.12 Å². The Bertz CT molecular complexity index is 3920. The van der Waals surface area contributed by atoms with Crippen LogP contribution in [0.4, 0.5) is 0 Å². The van der Waals surface area contributed by atoms with Crippen molar-refractivity contribution < 1.29 is 46.3 Å². The zero-order valence-electron chi connectivity index (χ0n) is 47.1. The van der Waals surface area contributed by atoms with Gasteiger partial charge in [-0.05, 0) is 51.6 Å². The lowest BCUT2D eigenvalue weighted by Gasteiger charge is -2.11. The average molecular weight is 705 g/mol. The highest BCUT2D eigenvalue weighted by Gasteiger charge is 2.22. The molecule has 8 aromatic carbocycles. The molecule has 10 aromatic rings. The van der Waals surface area contributed by atoms with Crippen LogP contribution in [0.1, 0.15) is 27.4 Å². The molecule has 2 aromatic heterocycles. The van der Waals surface area contributed by atoms with Crippen molar-refractivity contribution in [3.63, 3.8) is 0 Å². The molecule has 0 saturated carbocycles. The van der Waals surface area contributed by atoms with Gasteiger partial charge in [-0.25, -0.2) is 0 Å². The van der Waals surface area contributed by atoms with Crippen LogP contribution in [0.2, 0.25) is 0 Å². The number of fused-ring (bicyclic) bond motifs is 6. The lowest BCUT2D eigenvalue weighted by atomic mass is 9.79. The van der Waals surface area contributed by atoms with Crippen LogP contribution >= 0.6 is 0 Å². The van der Waals surface area contributed by atoms with E-state index in [1.165, 1.54) is 18.2 Å². The van der Waals surface area contributed by atoms with Gasteiger partial charge in [-0.2, -0.15) is 0 Å². The maximum absolute atomic E-state index is 9.87. The normalized spacial score (nSPS) is 16.5. The third-order valence-electron chi connectivity index (χ3n) is 8.56. The molecular formula is C48H33BO4. The summed E-state index contributed by atoms with van der Waals surface area (Å²) in [5, 5.41) is 21.9. The molecule has 4 nitrogen and oxygen atoms in total. The average Bonchev–Trinajstić information content (AvgIpc) is 3.96. The Morgan fingerprint density at radius 3 is 1.36 bits per heavy atom. The minimum Gasteiger partial charge on any atom is -0.456 e. The summed E-state index contributed by atoms with van der Waals surface area (Å²) in [7, 11) is -1.90. The molecule has 0 unspecified atom stereocenters. The highest BCUT2D eigenvalue weighted by molar-refractivity contribution is 6.61. The third-order valence-corrected chi connectivity index (χ3v) is 8.56. The number of furan rings is 2. The van der Waals surface area contributed by atoms with Crippen LogP contribution in [-0.4, -0.2) is 17.2 Å². The molecule has 0 aliphatic rings. The first kappa shape index (κ1) is 17.2. The number of benzene rings is 8. The van der Waals surface area contributed by atoms with Crippen molar-refractivity contribution in [3.05, 3.63) is 188 Å². The Morgan fingerprint density at radius 1 is 0.396 bits per heavy atom. The van der Waals surface area contributed by atoms with Crippen molar-refractivity contribution in [1.29, 1.82) is 0 Å². The molecule has 0 fully saturated rings. The number of para-hydroxylation sites is 2. The summed E-state index contributed by atoms with van der Waals surface area (Å²) in [5.41, 5.74) is -0.0513.